The second kappa shape index (κ2) is 12.1. The van der Waals surface area contributed by atoms with Crippen molar-refractivity contribution in [3.05, 3.63) is 66.1 Å². The average molecular weight is 574 g/mol. The highest BCUT2D eigenvalue weighted by Crippen LogP contribution is 2.31. The van der Waals surface area contributed by atoms with Gasteiger partial charge in [-0.3, -0.25) is 14.6 Å². The first-order valence-electron chi connectivity index (χ1n) is 14.4. The third kappa shape index (κ3) is 6.88. The van der Waals surface area contributed by atoms with E-state index in [1.54, 1.807) is 24.4 Å². The molecule has 0 aliphatic carbocycles. The van der Waals surface area contributed by atoms with Gasteiger partial charge in [0.15, 0.2) is 0 Å². The van der Waals surface area contributed by atoms with Crippen LogP contribution < -0.4 is 15.4 Å². The highest BCUT2D eigenvalue weighted by Gasteiger charge is 2.21. The number of carbonyl (C=O) groups excluding carboxylic acids is 1. The molecular formula is C32H40FN7O2. The number of amides is 1. The molecule has 2 N–H and O–H groups in total. The summed E-state index contributed by atoms with van der Waals surface area (Å²) in [5.74, 6) is 1.92. The molecule has 0 radical (unpaired) electrons. The van der Waals surface area contributed by atoms with Gasteiger partial charge in [0.1, 0.15) is 23.1 Å². The summed E-state index contributed by atoms with van der Waals surface area (Å²) in [7, 11) is 1.93. The standard InChI is InChI=1S/C32H40FN7O2/c1-21(2)40-15-13-39(14-16-40)20-30(41)37-29-19-24(11-12-34-29)42-23-8-10-28-27(18-23)36-31(38(28)6)35-22-7-9-26(33)25(17-22)32(3,4)5/h7-12,17-19,21H,13-16,20H2,1-6H3,(H,35,36)(H,34,37,41). The molecule has 9 nitrogen and oxygen atoms in total. The Labute approximate surface area is 246 Å². The number of pyridine rings is 1. The smallest absolute Gasteiger partial charge is 0.239 e. The Balaban J connectivity index is 1.24. The van der Waals surface area contributed by atoms with E-state index < -0.39 is 0 Å². The van der Waals surface area contributed by atoms with Gasteiger partial charge in [-0.25, -0.2) is 14.4 Å². The van der Waals surface area contributed by atoms with Crippen molar-refractivity contribution in [2.24, 2.45) is 7.05 Å². The molecule has 0 bridgehead atoms. The topological polar surface area (TPSA) is 87.5 Å². The zero-order chi connectivity index (χ0) is 30.0. The second-order valence-electron chi connectivity index (χ2n) is 12.1. The number of nitrogens with one attached hydrogen (secondary N) is 2. The third-order valence-corrected chi connectivity index (χ3v) is 7.62. The summed E-state index contributed by atoms with van der Waals surface area (Å²) >= 11 is 0. The average Bonchev–Trinajstić information content (AvgIpc) is 3.23. The Kier molecular flexibility index (Phi) is 8.47. The highest BCUT2D eigenvalue weighted by atomic mass is 19.1. The molecule has 2 aromatic carbocycles. The van der Waals surface area contributed by atoms with Gasteiger partial charge in [0.25, 0.3) is 0 Å². The predicted octanol–water partition coefficient (Wildman–Crippen LogP) is 5.91. The van der Waals surface area contributed by atoms with E-state index in [4.69, 9.17) is 9.72 Å². The maximum absolute atomic E-state index is 14.4. The number of hydrogen-bond donors (Lipinski definition) is 2. The van der Waals surface area contributed by atoms with Gasteiger partial charge < -0.3 is 19.9 Å². The number of benzene rings is 2. The Morgan fingerprint density at radius 2 is 1.76 bits per heavy atom. The van der Waals surface area contributed by atoms with E-state index >= 15 is 0 Å². The van der Waals surface area contributed by atoms with Crippen LogP contribution in [0.1, 0.15) is 40.2 Å². The molecule has 0 saturated carbocycles. The van der Waals surface area contributed by atoms with Gasteiger partial charge in [0.2, 0.25) is 11.9 Å². The van der Waals surface area contributed by atoms with Crippen LogP contribution in [0.3, 0.4) is 0 Å². The molecule has 1 amide bonds. The van der Waals surface area contributed by atoms with Crippen molar-refractivity contribution < 1.29 is 13.9 Å². The van der Waals surface area contributed by atoms with Gasteiger partial charge in [-0.2, -0.15) is 0 Å². The van der Waals surface area contributed by atoms with Crippen LogP contribution in [0.5, 0.6) is 11.5 Å². The number of hydrogen-bond acceptors (Lipinski definition) is 7. The van der Waals surface area contributed by atoms with Gasteiger partial charge in [0.05, 0.1) is 17.6 Å². The van der Waals surface area contributed by atoms with Crippen molar-refractivity contribution in [2.45, 2.75) is 46.1 Å². The lowest BCUT2D eigenvalue weighted by atomic mass is 9.86. The maximum Gasteiger partial charge on any atom is 0.239 e. The minimum absolute atomic E-state index is 0.0941. The van der Waals surface area contributed by atoms with Crippen LogP contribution in [-0.2, 0) is 17.3 Å². The fourth-order valence-corrected chi connectivity index (χ4v) is 5.16. The summed E-state index contributed by atoms with van der Waals surface area (Å²) in [4.78, 5) is 26.3. The number of carbonyl (C=O) groups is 1. The predicted molar refractivity (Wildman–Crippen MR) is 165 cm³/mol. The zero-order valence-electron chi connectivity index (χ0n) is 25.2. The van der Waals surface area contributed by atoms with Crippen molar-refractivity contribution >= 4 is 34.4 Å². The molecule has 1 aliphatic heterocycles. The number of ether oxygens (including phenoxy) is 1. The largest absolute Gasteiger partial charge is 0.457 e. The van der Waals surface area contributed by atoms with Gasteiger partial charge in [-0.15, -0.1) is 0 Å². The monoisotopic (exact) mass is 573 g/mol. The lowest BCUT2D eigenvalue weighted by Gasteiger charge is -2.36. The fraction of sp³-hybridized carbons (Fsp3) is 0.406. The van der Waals surface area contributed by atoms with Crippen molar-refractivity contribution in [2.75, 3.05) is 43.4 Å². The van der Waals surface area contributed by atoms with Gasteiger partial charge in [0, 0.05) is 63.3 Å². The summed E-state index contributed by atoms with van der Waals surface area (Å²) in [5, 5.41) is 6.22. The maximum atomic E-state index is 14.4. The first-order chi connectivity index (χ1) is 20.0. The molecule has 0 unspecified atom stereocenters. The number of fused-ring (bicyclic) bond motifs is 1. The summed E-state index contributed by atoms with van der Waals surface area (Å²) in [6, 6.07) is 14.7. The summed E-state index contributed by atoms with van der Waals surface area (Å²) in [6.07, 6.45) is 1.61. The number of imidazole rings is 1. The second-order valence-corrected chi connectivity index (χ2v) is 12.1. The SMILES string of the molecule is CC(C)N1CCN(CC(=O)Nc2cc(Oc3ccc4c(c3)nc(Nc3ccc(F)c(C(C)(C)C)c3)n4C)ccn2)CC1. The number of aryl methyl sites for hydroxylation is 1. The van der Waals surface area contributed by atoms with Crippen LogP contribution in [0.2, 0.25) is 0 Å². The van der Waals surface area contributed by atoms with E-state index in [1.807, 2.05) is 56.7 Å². The van der Waals surface area contributed by atoms with Crippen LogP contribution >= 0.6 is 0 Å². The van der Waals surface area contributed by atoms with E-state index in [-0.39, 0.29) is 17.1 Å². The van der Waals surface area contributed by atoms with Crippen molar-refractivity contribution in [1.82, 2.24) is 24.3 Å². The van der Waals surface area contributed by atoms with Gasteiger partial charge >= 0.3 is 0 Å². The molecule has 10 heteroatoms. The molecule has 222 valence electrons. The Morgan fingerprint density at radius 1 is 1.02 bits per heavy atom. The number of aromatic nitrogens is 3. The van der Waals surface area contributed by atoms with Crippen LogP contribution in [0, 0.1) is 5.82 Å². The normalized spacial score (nSPS) is 14.9. The molecule has 2 aromatic heterocycles. The number of halogens is 1. The van der Waals surface area contributed by atoms with E-state index in [2.05, 4.69) is 39.3 Å². The van der Waals surface area contributed by atoms with E-state index in [9.17, 15) is 9.18 Å². The van der Waals surface area contributed by atoms with E-state index in [0.29, 0.717) is 41.4 Å². The Bertz CT molecular complexity index is 1570. The Hall–Kier alpha value is -4.02. The number of anilines is 3. The molecule has 0 atom stereocenters. The van der Waals surface area contributed by atoms with E-state index in [0.717, 1.165) is 42.9 Å². The zero-order valence-corrected chi connectivity index (χ0v) is 25.2. The molecule has 4 aromatic rings. The molecule has 1 aliphatic rings. The molecule has 1 fully saturated rings. The lowest BCUT2D eigenvalue weighted by Crippen LogP contribution is -2.50. The van der Waals surface area contributed by atoms with E-state index in [1.165, 1.54) is 6.07 Å². The minimum atomic E-state index is -0.320. The van der Waals surface area contributed by atoms with Gasteiger partial charge in [-0.05, 0) is 61.2 Å². The van der Waals surface area contributed by atoms with Crippen molar-refractivity contribution in [3.63, 3.8) is 0 Å². The summed E-state index contributed by atoms with van der Waals surface area (Å²) in [5.41, 5.74) is 2.74. The van der Waals surface area contributed by atoms with Crippen LogP contribution in [0.15, 0.2) is 54.7 Å². The van der Waals surface area contributed by atoms with Crippen molar-refractivity contribution in [1.29, 1.82) is 0 Å². The quantitative estimate of drug-likeness (QED) is 0.271. The Morgan fingerprint density at radius 3 is 2.48 bits per heavy atom. The first kappa shape index (κ1) is 29.5. The molecule has 3 heterocycles. The molecule has 1 saturated heterocycles. The lowest BCUT2D eigenvalue weighted by molar-refractivity contribution is -0.117. The van der Waals surface area contributed by atoms with Gasteiger partial charge in [-0.1, -0.05) is 20.8 Å². The first-order valence-corrected chi connectivity index (χ1v) is 14.4. The summed E-state index contributed by atoms with van der Waals surface area (Å²) in [6.45, 7) is 14.4. The number of rotatable bonds is 8. The number of nitrogens with zero attached hydrogens (tertiary/aromatic N) is 5. The van der Waals surface area contributed by atoms with Crippen LogP contribution in [-0.4, -0.2) is 69.0 Å². The number of piperazine rings is 1. The molecule has 5 rings (SSSR count). The highest BCUT2D eigenvalue weighted by molar-refractivity contribution is 5.91. The minimum Gasteiger partial charge on any atom is -0.457 e. The summed E-state index contributed by atoms with van der Waals surface area (Å²) < 4.78 is 22.5. The molecular weight excluding hydrogens is 533 g/mol. The third-order valence-electron chi connectivity index (χ3n) is 7.62. The van der Waals surface area contributed by atoms with Crippen LogP contribution in [0.4, 0.5) is 21.8 Å². The molecule has 42 heavy (non-hydrogen) atoms. The van der Waals surface area contributed by atoms with Crippen molar-refractivity contribution in [3.8, 4) is 11.5 Å². The molecule has 0 spiro atoms. The van der Waals surface area contributed by atoms with Crippen LogP contribution in [0.25, 0.3) is 11.0 Å². The fourth-order valence-electron chi connectivity index (χ4n) is 5.16.